The van der Waals surface area contributed by atoms with Crippen molar-refractivity contribution >= 4 is 53.3 Å². The minimum Gasteiger partial charge on any atom is -0.285 e. The van der Waals surface area contributed by atoms with Crippen molar-refractivity contribution in [1.82, 2.24) is 0 Å². The maximum absolute atomic E-state index is 15.3. The van der Waals surface area contributed by atoms with E-state index < -0.39 is 102 Å². The molecule has 7 nitrogen and oxygen atoms in total. The lowest BCUT2D eigenvalue weighted by atomic mass is 10.0. The molecule has 0 spiro atoms. The van der Waals surface area contributed by atoms with Gasteiger partial charge < -0.3 is 0 Å². The fourth-order valence-corrected chi connectivity index (χ4v) is 10.1. The lowest BCUT2D eigenvalue weighted by Gasteiger charge is -2.15. The molecule has 5 aromatic rings. The third kappa shape index (κ3) is 8.29. The Morgan fingerprint density at radius 3 is 1.38 bits per heavy atom. The average molecular weight is 869 g/mol. The summed E-state index contributed by atoms with van der Waals surface area (Å²) in [5, 5.41) is 0. The predicted molar refractivity (Wildman–Crippen MR) is 187 cm³/mol. The summed E-state index contributed by atoms with van der Waals surface area (Å²) in [5.41, 5.74) is 0.894. The second kappa shape index (κ2) is 15.2. The Hall–Kier alpha value is -3.95. The Balaban J connectivity index is 1.46. The molecular weight excluding hydrogens is 845 g/mol. The van der Waals surface area contributed by atoms with E-state index in [2.05, 4.69) is 0 Å². The summed E-state index contributed by atoms with van der Waals surface area (Å²) >= 11 is 1.25. The van der Waals surface area contributed by atoms with Gasteiger partial charge in [0.25, 0.3) is 10.1 Å². The topological polar surface area (TPSA) is 123 Å². The van der Waals surface area contributed by atoms with Crippen molar-refractivity contribution in [3.8, 4) is 11.1 Å². The lowest BCUT2D eigenvalue weighted by molar-refractivity contribution is 0.390. The normalized spacial score (nSPS) is 12.4. The summed E-state index contributed by atoms with van der Waals surface area (Å²) in [5.74, 6) is -20.1. The van der Waals surface area contributed by atoms with Gasteiger partial charge in [0.1, 0.15) is 15.5 Å². The minimum absolute atomic E-state index is 0.0310. The molecule has 0 aromatic heterocycles. The number of rotatable bonds is 10. The van der Waals surface area contributed by atoms with Gasteiger partial charge in [-0.3, -0.25) is 4.55 Å². The summed E-state index contributed by atoms with van der Waals surface area (Å²) in [7, 11) is -14.5. The molecule has 0 saturated heterocycles. The smallest absolute Gasteiger partial charge is 0.269 e. The first-order chi connectivity index (χ1) is 25.3. The van der Waals surface area contributed by atoms with E-state index in [1.807, 2.05) is 0 Å². The van der Waals surface area contributed by atoms with Gasteiger partial charge in [0.05, 0.1) is 9.79 Å². The maximum atomic E-state index is 15.3. The van der Waals surface area contributed by atoms with Gasteiger partial charge in [0.2, 0.25) is 9.84 Å². The highest BCUT2D eigenvalue weighted by Gasteiger charge is 2.40. The summed E-state index contributed by atoms with van der Waals surface area (Å²) in [6.07, 6.45) is 0.946. The van der Waals surface area contributed by atoms with Crippen molar-refractivity contribution in [1.29, 1.82) is 0 Å². The SMILES string of the molecule is Cc1cc(-c2ccc(Sc3c(F)c(F)c(S(=O)(=O)c4c(F)c(F)c(C)c(F)c4F)c(F)c3F)c(C)c2)ccc1Sc1ccc(S(C)(=O)=O)cc1CS(=O)(=O)O. The van der Waals surface area contributed by atoms with Crippen molar-refractivity contribution in [2.45, 2.75) is 60.8 Å². The van der Waals surface area contributed by atoms with Gasteiger partial charge in [0.15, 0.2) is 56.4 Å². The van der Waals surface area contributed by atoms with Crippen molar-refractivity contribution < 1.29 is 64.9 Å². The van der Waals surface area contributed by atoms with Gasteiger partial charge in [-0.05, 0) is 78.9 Å². The second-order valence-electron chi connectivity index (χ2n) is 12.1. The zero-order chi connectivity index (χ0) is 41.1. The highest BCUT2D eigenvalue weighted by molar-refractivity contribution is 7.99. The Morgan fingerprint density at radius 2 is 0.964 bits per heavy atom. The molecule has 0 radical (unpaired) electrons. The largest absolute Gasteiger partial charge is 0.285 e. The maximum Gasteiger partial charge on any atom is 0.269 e. The zero-order valence-electron chi connectivity index (χ0n) is 28.4. The second-order valence-corrected chi connectivity index (χ2v) is 19.5. The van der Waals surface area contributed by atoms with Crippen LogP contribution in [0.5, 0.6) is 0 Å². The van der Waals surface area contributed by atoms with Crippen LogP contribution in [0, 0.1) is 67.3 Å². The van der Waals surface area contributed by atoms with Gasteiger partial charge in [-0.25, -0.2) is 52.0 Å². The molecule has 0 bridgehead atoms. The molecule has 292 valence electrons. The highest BCUT2D eigenvalue weighted by atomic mass is 32.2. The van der Waals surface area contributed by atoms with E-state index in [4.69, 9.17) is 0 Å². The van der Waals surface area contributed by atoms with Crippen molar-refractivity contribution in [2.24, 2.45) is 0 Å². The Bertz CT molecular complexity index is 2720. The molecule has 0 fully saturated rings. The number of halogens is 8. The van der Waals surface area contributed by atoms with Gasteiger partial charge in [0, 0.05) is 26.5 Å². The van der Waals surface area contributed by atoms with Crippen LogP contribution in [0.15, 0.2) is 88.9 Å². The van der Waals surface area contributed by atoms with Crippen molar-refractivity contribution in [3.05, 3.63) is 123 Å². The van der Waals surface area contributed by atoms with Gasteiger partial charge in [-0.15, -0.1) is 0 Å². The van der Waals surface area contributed by atoms with Gasteiger partial charge >= 0.3 is 0 Å². The third-order valence-electron chi connectivity index (χ3n) is 8.08. The number of aryl methyl sites for hydroxylation is 2. The van der Waals surface area contributed by atoms with Crippen LogP contribution in [0.25, 0.3) is 11.1 Å². The van der Waals surface area contributed by atoms with E-state index >= 15 is 17.6 Å². The Labute approximate surface area is 318 Å². The van der Waals surface area contributed by atoms with Crippen LogP contribution in [0.1, 0.15) is 22.3 Å². The molecule has 0 aliphatic heterocycles. The Morgan fingerprint density at radius 1 is 0.545 bits per heavy atom. The number of benzene rings is 5. The first kappa shape index (κ1) is 42.2. The summed E-state index contributed by atoms with van der Waals surface area (Å²) < 4.78 is 201. The number of hydrogen-bond acceptors (Lipinski definition) is 8. The molecule has 0 atom stereocenters. The molecule has 0 saturated carbocycles. The molecule has 1 N–H and O–H groups in total. The molecule has 0 aliphatic carbocycles. The van der Waals surface area contributed by atoms with Crippen LogP contribution >= 0.6 is 23.5 Å². The standard InChI is InChI=1S/C35H24F8O7S5/c1-15-11-18(5-8-22(15)51-24-10-7-21(53(4,44)45)13-20(24)14-54(46,47)48)19-6-9-23(16(2)12-19)52-33-27(38)31(42)35(32(43)28(33)39)55(49,50)34-29(40)25(36)17(3)26(37)30(34)41/h5-13H,14H2,1-4H3,(H,46,47,48). The van der Waals surface area contributed by atoms with E-state index in [0.29, 0.717) is 39.0 Å². The molecular formula is C35H24F8O7S5. The van der Waals surface area contributed by atoms with Crippen LogP contribution in [-0.4, -0.2) is 36.1 Å². The van der Waals surface area contributed by atoms with Crippen LogP contribution in [0.4, 0.5) is 35.1 Å². The summed E-state index contributed by atoms with van der Waals surface area (Å²) in [4.78, 5) is -5.49. The van der Waals surface area contributed by atoms with Crippen LogP contribution in [0.2, 0.25) is 0 Å². The average Bonchev–Trinajstić information content (AvgIpc) is 3.08. The van der Waals surface area contributed by atoms with E-state index in [-0.39, 0.29) is 27.1 Å². The fourth-order valence-electron chi connectivity index (χ4n) is 5.29. The van der Waals surface area contributed by atoms with E-state index in [1.165, 1.54) is 31.2 Å². The summed E-state index contributed by atoms with van der Waals surface area (Å²) in [6, 6.07) is 13.3. The zero-order valence-corrected chi connectivity index (χ0v) is 32.4. The van der Waals surface area contributed by atoms with Crippen molar-refractivity contribution in [3.63, 3.8) is 0 Å². The fraction of sp³-hybridized carbons (Fsp3) is 0.143. The van der Waals surface area contributed by atoms with Crippen LogP contribution in [-0.2, 0) is 35.5 Å². The number of sulfone groups is 2. The lowest BCUT2D eigenvalue weighted by Crippen LogP contribution is -2.17. The Kier molecular flexibility index (Phi) is 11.7. The highest BCUT2D eigenvalue weighted by Crippen LogP contribution is 2.42. The van der Waals surface area contributed by atoms with Crippen molar-refractivity contribution in [2.75, 3.05) is 6.26 Å². The number of hydrogen-bond donors (Lipinski definition) is 1. The first-order valence-corrected chi connectivity index (χ1v) is 21.8. The molecule has 55 heavy (non-hydrogen) atoms. The quantitative estimate of drug-likeness (QED) is 0.0832. The third-order valence-corrected chi connectivity index (χ3v) is 14.2. The molecule has 0 aliphatic rings. The summed E-state index contributed by atoms with van der Waals surface area (Å²) in [6.45, 7) is 3.75. The van der Waals surface area contributed by atoms with E-state index in [9.17, 15) is 47.4 Å². The molecule has 5 aromatic carbocycles. The van der Waals surface area contributed by atoms with Gasteiger partial charge in [-0.2, -0.15) is 8.42 Å². The molecule has 0 heterocycles. The first-order valence-electron chi connectivity index (χ1n) is 15.1. The monoisotopic (exact) mass is 868 g/mol. The minimum atomic E-state index is -6.27. The van der Waals surface area contributed by atoms with E-state index in [1.54, 1.807) is 31.2 Å². The van der Waals surface area contributed by atoms with Crippen LogP contribution in [0.3, 0.4) is 0 Å². The molecule has 0 unspecified atom stereocenters. The molecule has 0 amide bonds. The molecule has 20 heteroatoms. The predicted octanol–water partition coefficient (Wildman–Crippen LogP) is 9.32. The van der Waals surface area contributed by atoms with E-state index in [0.717, 1.165) is 24.1 Å². The molecule has 5 rings (SSSR count). The van der Waals surface area contributed by atoms with Crippen LogP contribution < -0.4 is 0 Å². The van der Waals surface area contributed by atoms with Gasteiger partial charge in [-0.1, -0.05) is 47.8 Å².